The van der Waals surface area contributed by atoms with Crippen LogP contribution in [-0.2, 0) is 14.8 Å². The molecule has 9 heteroatoms. The Balaban J connectivity index is 1.98. The number of hydrogen-bond donors (Lipinski definition) is 2. The first kappa shape index (κ1) is 16.4. The molecule has 0 aromatic carbocycles. The van der Waals surface area contributed by atoms with Gasteiger partial charge in [0, 0.05) is 13.1 Å². The zero-order valence-corrected chi connectivity index (χ0v) is 14.0. The second-order valence-electron chi connectivity index (χ2n) is 6.94. The summed E-state index contributed by atoms with van der Waals surface area (Å²) in [4.78, 5) is 11.2. The molecule has 3 rings (SSSR count). The highest BCUT2D eigenvalue weighted by Crippen LogP contribution is 2.42. The number of ether oxygens (including phenoxy) is 1. The number of carboxylic acid groups (broad SMARTS) is 1. The van der Waals surface area contributed by atoms with Crippen molar-refractivity contribution in [3.63, 3.8) is 0 Å². The molecule has 0 unspecified atom stereocenters. The number of nitrogens with zero attached hydrogens (tertiary/aromatic N) is 2. The van der Waals surface area contributed by atoms with Crippen LogP contribution in [0, 0.1) is 0 Å². The summed E-state index contributed by atoms with van der Waals surface area (Å²) in [6, 6.07) is 0. The van der Waals surface area contributed by atoms with Crippen LogP contribution >= 0.6 is 0 Å². The summed E-state index contributed by atoms with van der Waals surface area (Å²) in [6.45, 7) is 4.14. The van der Waals surface area contributed by atoms with E-state index < -0.39 is 27.2 Å². The van der Waals surface area contributed by atoms with Crippen molar-refractivity contribution in [2.45, 2.75) is 55.8 Å². The first-order valence-electron chi connectivity index (χ1n) is 7.62. The van der Waals surface area contributed by atoms with Gasteiger partial charge in [0.2, 0.25) is 0 Å². The highest BCUT2D eigenvalue weighted by Gasteiger charge is 2.49. The average molecular weight is 343 g/mol. The van der Waals surface area contributed by atoms with Crippen LogP contribution in [0.25, 0.3) is 0 Å². The van der Waals surface area contributed by atoms with Crippen LogP contribution in [0.15, 0.2) is 11.2 Å². The van der Waals surface area contributed by atoms with E-state index in [4.69, 9.17) is 9.84 Å². The molecule has 1 aromatic rings. The minimum Gasteiger partial charge on any atom is -0.478 e. The summed E-state index contributed by atoms with van der Waals surface area (Å²) in [5.41, 5.74) is -1.44. The van der Waals surface area contributed by atoms with Crippen LogP contribution in [0.1, 0.15) is 49.9 Å². The number of aromatic nitrogens is 2. The lowest BCUT2D eigenvalue weighted by atomic mass is 9.96. The van der Waals surface area contributed by atoms with Crippen molar-refractivity contribution < 1.29 is 23.1 Å². The molecule has 1 aliphatic carbocycles. The Morgan fingerprint density at radius 1 is 1.35 bits per heavy atom. The molecular formula is C14H21N3O5S. The molecule has 23 heavy (non-hydrogen) atoms. The van der Waals surface area contributed by atoms with Crippen LogP contribution < -0.4 is 0 Å². The van der Waals surface area contributed by atoms with Crippen LogP contribution in [0.2, 0.25) is 0 Å². The Bertz CT molecular complexity index is 719. The van der Waals surface area contributed by atoms with Crippen molar-refractivity contribution in [3.05, 3.63) is 11.8 Å². The van der Waals surface area contributed by atoms with E-state index in [1.165, 1.54) is 4.31 Å². The maximum Gasteiger partial charge on any atom is 0.340 e. The largest absolute Gasteiger partial charge is 0.478 e. The smallest absolute Gasteiger partial charge is 0.340 e. The Morgan fingerprint density at radius 2 is 2.00 bits per heavy atom. The van der Waals surface area contributed by atoms with Crippen molar-refractivity contribution in [3.8, 4) is 0 Å². The molecule has 0 atom stereocenters. The van der Waals surface area contributed by atoms with Crippen molar-refractivity contribution in [1.82, 2.24) is 14.5 Å². The van der Waals surface area contributed by atoms with Crippen molar-refractivity contribution in [2.75, 3.05) is 13.1 Å². The minimum absolute atomic E-state index is 0.176. The Hall–Kier alpha value is -1.45. The van der Waals surface area contributed by atoms with E-state index in [9.17, 15) is 13.2 Å². The van der Waals surface area contributed by atoms with Gasteiger partial charge in [0.25, 0.3) is 10.0 Å². The van der Waals surface area contributed by atoms with Crippen LogP contribution in [0.4, 0.5) is 0 Å². The molecule has 1 aliphatic heterocycles. The molecule has 0 amide bonds. The molecule has 8 nitrogen and oxygen atoms in total. The maximum atomic E-state index is 12.9. The molecule has 1 saturated heterocycles. The van der Waals surface area contributed by atoms with E-state index in [0.29, 0.717) is 0 Å². The van der Waals surface area contributed by atoms with Gasteiger partial charge in [-0.3, -0.25) is 5.10 Å². The molecule has 2 heterocycles. The van der Waals surface area contributed by atoms with Crippen LogP contribution in [0.3, 0.4) is 0 Å². The van der Waals surface area contributed by atoms with Gasteiger partial charge in [-0.1, -0.05) is 12.8 Å². The van der Waals surface area contributed by atoms with Gasteiger partial charge in [-0.25, -0.2) is 13.2 Å². The van der Waals surface area contributed by atoms with Gasteiger partial charge >= 0.3 is 5.97 Å². The fraction of sp³-hybridized carbons (Fsp3) is 0.714. The summed E-state index contributed by atoms with van der Waals surface area (Å²) in [6.07, 6.45) is 4.67. The molecule has 2 fully saturated rings. The van der Waals surface area contributed by atoms with E-state index in [1.54, 1.807) is 0 Å². The van der Waals surface area contributed by atoms with Crippen molar-refractivity contribution in [1.29, 1.82) is 0 Å². The maximum absolute atomic E-state index is 12.9. The third kappa shape index (κ3) is 2.88. The SMILES string of the molecule is CC1(C)CN(S(=O)(=O)c2[nH]ncc2C(=O)O)CC2(CCCC2)O1. The number of aromatic carboxylic acids is 1. The lowest BCUT2D eigenvalue weighted by Crippen LogP contribution is -2.60. The number of carboxylic acids is 1. The van der Waals surface area contributed by atoms with Gasteiger partial charge in [-0.15, -0.1) is 0 Å². The molecule has 2 aliphatic rings. The second kappa shape index (κ2) is 5.29. The number of rotatable bonds is 3. The predicted octanol–water partition coefficient (Wildman–Crippen LogP) is 1.22. The lowest BCUT2D eigenvalue weighted by Gasteiger charge is -2.47. The number of morpholine rings is 1. The average Bonchev–Trinajstić information content (AvgIpc) is 3.06. The summed E-state index contributed by atoms with van der Waals surface area (Å²) in [5.74, 6) is -1.32. The third-order valence-corrected chi connectivity index (χ3v) is 6.23. The number of aromatic amines is 1. The first-order valence-corrected chi connectivity index (χ1v) is 9.06. The van der Waals surface area contributed by atoms with E-state index in [2.05, 4.69) is 10.2 Å². The molecular weight excluding hydrogens is 322 g/mol. The second-order valence-corrected chi connectivity index (χ2v) is 8.82. The Labute approximate surface area is 134 Å². The summed E-state index contributed by atoms with van der Waals surface area (Å²) < 4.78 is 33.4. The molecule has 0 bridgehead atoms. The molecule has 2 N–H and O–H groups in total. The number of carbonyl (C=O) groups is 1. The van der Waals surface area contributed by atoms with Gasteiger partial charge in [0.05, 0.1) is 17.4 Å². The normalized spacial score (nSPS) is 24.1. The quantitative estimate of drug-likeness (QED) is 0.853. The highest BCUT2D eigenvalue weighted by atomic mass is 32.2. The fourth-order valence-corrected chi connectivity index (χ4v) is 5.38. The van der Waals surface area contributed by atoms with Crippen molar-refractivity contribution in [2.24, 2.45) is 0 Å². The van der Waals surface area contributed by atoms with Crippen LogP contribution in [0.5, 0.6) is 0 Å². The number of hydrogen-bond acceptors (Lipinski definition) is 5. The standard InChI is InChI=1S/C14H21N3O5S/c1-13(2)8-17(9-14(22-13)5-3-4-6-14)23(20,21)11-10(12(18)19)7-15-16-11/h7H,3-6,8-9H2,1-2H3,(H,15,16)(H,18,19). The summed E-state index contributed by atoms with van der Waals surface area (Å²) in [5, 5.41) is 14.7. The molecule has 1 saturated carbocycles. The molecule has 1 spiro atoms. The fourth-order valence-electron chi connectivity index (χ4n) is 3.65. The number of sulfonamides is 1. The first-order chi connectivity index (χ1) is 10.7. The number of H-pyrrole nitrogens is 1. The Morgan fingerprint density at radius 3 is 2.61 bits per heavy atom. The summed E-state index contributed by atoms with van der Waals surface area (Å²) in [7, 11) is -3.97. The third-order valence-electron chi connectivity index (χ3n) is 4.46. The lowest BCUT2D eigenvalue weighted by molar-refractivity contribution is -0.178. The van der Waals surface area contributed by atoms with Gasteiger partial charge < -0.3 is 9.84 Å². The zero-order chi connectivity index (χ0) is 16.9. The van der Waals surface area contributed by atoms with Gasteiger partial charge in [-0.2, -0.15) is 9.40 Å². The van der Waals surface area contributed by atoms with Crippen molar-refractivity contribution >= 4 is 16.0 Å². The molecule has 0 radical (unpaired) electrons. The van der Waals surface area contributed by atoms with E-state index in [1.807, 2.05) is 13.8 Å². The monoisotopic (exact) mass is 343 g/mol. The van der Waals surface area contributed by atoms with Gasteiger partial charge in [0.15, 0.2) is 5.03 Å². The zero-order valence-electron chi connectivity index (χ0n) is 13.2. The number of nitrogens with one attached hydrogen (secondary N) is 1. The van der Waals surface area contributed by atoms with E-state index in [-0.39, 0.29) is 23.7 Å². The highest BCUT2D eigenvalue weighted by molar-refractivity contribution is 7.89. The topological polar surface area (TPSA) is 113 Å². The Kier molecular flexibility index (Phi) is 3.77. The summed E-state index contributed by atoms with van der Waals surface area (Å²) >= 11 is 0. The van der Waals surface area contributed by atoms with E-state index >= 15 is 0 Å². The van der Waals surface area contributed by atoms with Gasteiger partial charge in [-0.05, 0) is 26.7 Å². The van der Waals surface area contributed by atoms with E-state index in [0.717, 1.165) is 31.9 Å². The minimum atomic E-state index is -3.97. The molecule has 1 aromatic heterocycles. The van der Waals surface area contributed by atoms with Crippen LogP contribution in [-0.4, -0.2) is 58.3 Å². The van der Waals surface area contributed by atoms with Gasteiger partial charge in [0.1, 0.15) is 5.56 Å². The predicted molar refractivity (Wildman–Crippen MR) is 80.7 cm³/mol. The molecule has 128 valence electrons.